The van der Waals surface area contributed by atoms with Crippen molar-refractivity contribution < 1.29 is 24.5 Å². The van der Waals surface area contributed by atoms with Gasteiger partial charge in [0.15, 0.2) is 5.69 Å². The first-order chi connectivity index (χ1) is 10.8. The van der Waals surface area contributed by atoms with Crippen LogP contribution in [0.25, 0.3) is 5.69 Å². The number of nitriles is 1. The lowest BCUT2D eigenvalue weighted by molar-refractivity contribution is 0.0591. The number of aromatic nitrogens is 1. The number of nitrogens with two attached hydrogens (primary N) is 1. The second-order valence-corrected chi connectivity index (χ2v) is 4.74. The predicted molar refractivity (Wildman–Crippen MR) is 79.6 cm³/mol. The molecule has 118 valence electrons. The third kappa shape index (κ3) is 2.55. The lowest BCUT2D eigenvalue weighted by Crippen LogP contribution is -2.14. The number of phenolic OH excluding ortho intramolecular Hbond substituents is 1. The van der Waals surface area contributed by atoms with Crippen LogP contribution in [0, 0.1) is 18.3 Å². The van der Waals surface area contributed by atoms with Gasteiger partial charge in [0, 0.05) is 6.20 Å². The topological polar surface area (TPSA) is 139 Å². The molecule has 23 heavy (non-hydrogen) atoms. The van der Waals surface area contributed by atoms with Crippen molar-refractivity contribution in [1.29, 1.82) is 5.26 Å². The van der Waals surface area contributed by atoms with E-state index in [9.17, 15) is 19.8 Å². The van der Waals surface area contributed by atoms with Gasteiger partial charge in [0.25, 0.3) is 0 Å². The van der Waals surface area contributed by atoms with Crippen molar-refractivity contribution in [3.63, 3.8) is 0 Å². The summed E-state index contributed by atoms with van der Waals surface area (Å²) < 4.78 is 5.82. The molecule has 1 aromatic carbocycles. The zero-order valence-electron chi connectivity index (χ0n) is 12.3. The number of hydrogen-bond donors (Lipinski definition) is 3. The summed E-state index contributed by atoms with van der Waals surface area (Å²) in [5.74, 6) is -2.32. The number of aromatic hydroxyl groups is 1. The molecular formula is C15H13N3O5. The second kappa shape index (κ2) is 5.73. The van der Waals surface area contributed by atoms with E-state index in [2.05, 4.69) is 4.74 Å². The molecule has 0 saturated carbocycles. The van der Waals surface area contributed by atoms with Crippen LogP contribution in [0.3, 0.4) is 0 Å². The Morgan fingerprint density at radius 1 is 1.39 bits per heavy atom. The maximum atomic E-state index is 12.0. The normalized spacial score (nSPS) is 10.1. The number of carboxylic acid groups (broad SMARTS) is 1. The van der Waals surface area contributed by atoms with Gasteiger partial charge in [-0.05, 0) is 24.6 Å². The van der Waals surface area contributed by atoms with Gasteiger partial charge in [-0.25, -0.2) is 9.59 Å². The number of carbonyl (C=O) groups excluding carboxylic acids is 1. The number of carboxylic acids is 1. The van der Waals surface area contributed by atoms with Gasteiger partial charge >= 0.3 is 11.9 Å². The quantitative estimate of drug-likeness (QED) is 0.728. The Bertz CT molecular complexity index is 861. The molecule has 8 nitrogen and oxygen atoms in total. The highest BCUT2D eigenvalue weighted by Crippen LogP contribution is 2.30. The summed E-state index contributed by atoms with van der Waals surface area (Å²) in [4.78, 5) is 23.4. The first-order valence-electron chi connectivity index (χ1n) is 6.38. The van der Waals surface area contributed by atoms with Crippen LogP contribution in [-0.4, -0.2) is 33.8 Å². The molecule has 0 aliphatic heterocycles. The highest BCUT2D eigenvalue weighted by atomic mass is 16.5. The minimum atomic E-state index is -1.31. The minimum Gasteiger partial charge on any atom is -0.508 e. The summed E-state index contributed by atoms with van der Waals surface area (Å²) >= 11 is 0. The average molecular weight is 315 g/mol. The number of nitrogen functional groups attached to an aromatic ring is 1. The highest BCUT2D eigenvalue weighted by Gasteiger charge is 2.25. The van der Waals surface area contributed by atoms with Crippen LogP contribution >= 0.6 is 0 Å². The van der Waals surface area contributed by atoms with Crippen LogP contribution in [0.5, 0.6) is 5.75 Å². The molecule has 1 aromatic heterocycles. The second-order valence-electron chi connectivity index (χ2n) is 4.74. The van der Waals surface area contributed by atoms with Crippen molar-refractivity contribution in [3.05, 3.63) is 40.7 Å². The molecule has 0 atom stereocenters. The van der Waals surface area contributed by atoms with E-state index in [1.165, 1.54) is 16.8 Å². The number of anilines is 1. The summed E-state index contributed by atoms with van der Waals surface area (Å²) in [6, 6.07) is 4.28. The van der Waals surface area contributed by atoms with Crippen molar-refractivity contribution in [2.45, 2.75) is 6.92 Å². The molecule has 0 saturated heterocycles. The molecule has 2 rings (SSSR count). The zero-order valence-corrected chi connectivity index (χ0v) is 12.3. The number of hydrogen-bond acceptors (Lipinski definition) is 6. The van der Waals surface area contributed by atoms with E-state index in [0.29, 0.717) is 5.56 Å². The third-order valence-corrected chi connectivity index (χ3v) is 3.35. The van der Waals surface area contributed by atoms with E-state index in [1.54, 1.807) is 6.92 Å². The minimum absolute atomic E-state index is 0.00691. The van der Waals surface area contributed by atoms with E-state index >= 15 is 0 Å². The zero-order chi connectivity index (χ0) is 17.3. The number of methoxy groups -OCH3 is 1. The number of aromatic carboxylic acids is 1. The summed E-state index contributed by atoms with van der Waals surface area (Å²) in [6.07, 6.45) is 1.25. The number of phenols is 1. The number of aryl methyl sites for hydroxylation is 1. The Balaban J connectivity index is 2.87. The number of esters is 1. The van der Waals surface area contributed by atoms with Crippen LogP contribution in [0.2, 0.25) is 0 Å². The van der Waals surface area contributed by atoms with Gasteiger partial charge in [-0.2, -0.15) is 5.26 Å². The lowest BCUT2D eigenvalue weighted by atomic mass is 10.1. The van der Waals surface area contributed by atoms with Crippen LogP contribution in [0.1, 0.15) is 32.0 Å². The number of rotatable bonds is 3. The Hall–Kier alpha value is -3.47. The van der Waals surface area contributed by atoms with E-state index in [1.807, 2.05) is 6.07 Å². The molecule has 4 N–H and O–H groups in total. The van der Waals surface area contributed by atoms with Gasteiger partial charge in [-0.1, -0.05) is 0 Å². The van der Waals surface area contributed by atoms with Gasteiger partial charge in [0.2, 0.25) is 0 Å². The van der Waals surface area contributed by atoms with Gasteiger partial charge in [-0.3, -0.25) is 0 Å². The van der Waals surface area contributed by atoms with Crippen LogP contribution in [0.4, 0.5) is 5.69 Å². The molecule has 0 bridgehead atoms. The fourth-order valence-corrected chi connectivity index (χ4v) is 2.16. The standard InChI is InChI=1S/C15H13N3O5/c1-7-3-10(9(14(20)21)4-11(7)19)18-6-8(5-16)12(17)13(18)15(22)23-2/h3-4,6,19H,17H2,1-2H3,(H,20,21). The number of ether oxygens (including phenoxy) is 1. The van der Waals surface area contributed by atoms with Crippen molar-refractivity contribution in [1.82, 2.24) is 4.57 Å². The Kier molecular flexibility index (Phi) is 3.96. The first-order valence-corrected chi connectivity index (χ1v) is 6.38. The highest BCUT2D eigenvalue weighted by molar-refractivity contribution is 5.98. The molecule has 8 heteroatoms. The summed E-state index contributed by atoms with van der Waals surface area (Å²) in [5, 5.41) is 28.1. The van der Waals surface area contributed by atoms with Gasteiger partial charge < -0.3 is 25.3 Å². The summed E-state index contributed by atoms with van der Waals surface area (Å²) in [5.41, 5.74) is 5.75. The van der Waals surface area contributed by atoms with E-state index in [-0.39, 0.29) is 33.9 Å². The lowest BCUT2D eigenvalue weighted by Gasteiger charge is -2.13. The Labute approximate surface area is 130 Å². The van der Waals surface area contributed by atoms with E-state index in [0.717, 1.165) is 13.2 Å². The summed E-state index contributed by atoms with van der Waals surface area (Å²) in [6.45, 7) is 1.57. The van der Waals surface area contributed by atoms with Gasteiger partial charge in [-0.15, -0.1) is 0 Å². The van der Waals surface area contributed by atoms with Crippen molar-refractivity contribution >= 4 is 17.6 Å². The largest absolute Gasteiger partial charge is 0.508 e. The maximum Gasteiger partial charge on any atom is 0.357 e. The van der Waals surface area contributed by atoms with Crippen molar-refractivity contribution in [2.75, 3.05) is 12.8 Å². The molecule has 2 aromatic rings. The molecule has 0 radical (unpaired) electrons. The predicted octanol–water partition coefficient (Wildman–Crippen LogP) is 1.43. The van der Waals surface area contributed by atoms with Crippen LogP contribution < -0.4 is 5.73 Å². The molecular weight excluding hydrogens is 302 g/mol. The van der Waals surface area contributed by atoms with Crippen LogP contribution in [0.15, 0.2) is 18.3 Å². The SMILES string of the molecule is COC(=O)c1c(N)c(C#N)cn1-c1cc(C)c(O)cc1C(=O)O. The van der Waals surface area contributed by atoms with E-state index in [4.69, 9.17) is 11.0 Å². The van der Waals surface area contributed by atoms with Gasteiger partial charge in [0.1, 0.15) is 11.8 Å². The molecule has 0 unspecified atom stereocenters. The molecule has 0 amide bonds. The number of carbonyl (C=O) groups is 2. The molecule has 0 spiro atoms. The fourth-order valence-electron chi connectivity index (χ4n) is 2.16. The number of nitrogens with zero attached hydrogens (tertiary/aromatic N) is 2. The fraction of sp³-hybridized carbons (Fsp3) is 0.133. The summed E-state index contributed by atoms with van der Waals surface area (Å²) in [7, 11) is 1.14. The molecule has 0 aliphatic carbocycles. The van der Waals surface area contributed by atoms with E-state index < -0.39 is 11.9 Å². The Morgan fingerprint density at radius 2 is 2.04 bits per heavy atom. The van der Waals surface area contributed by atoms with Crippen molar-refractivity contribution in [2.24, 2.45) is 0 Å². The average Bonchev–Trinajstić information content (AvgIpc) is 2.85. The van der Waals surface area contributed by atoms with Gasteiger partial charge in [0.05, 0.1) is 29.6 Å². The smallest absolute Gasteiger partial charge is 0.357 e. The molecule has 0 aliphatic rings. The Morgan fingerprint density at radius 3 is 2.57 bits per heavy atom. The first kappa shape index (κ1) is 15.9. The van der Waals surface area contributed by atoms with Crippen molar-refractivity contribution in [3.8, 4) is 17.5 Å². The molecule has 1 heterocycles. The van der Waals surface area contributed by atoms with Crippen LogP contribution in [-0.2, 0) is 4.74 Å². The molecule has 0 fully saturated rings. The number of benzene rings is 1. The third-order valence-electron chi connectivity index (χ3n) is 3.35. The maximum absolute atomic E-state index is 12.0. The monoisotopic (exact) mass is 315 g/mol.